The van der Waals surface area contributed by atoms with E-state index in [4.69, 9.17) is 16.7 Å². The van der Waals surface area contributed by atoms with Crippen LogP contribution in [0.5, 0.6) is 0 Å². The van der Waals surface area contributed by atoms with Crippen molar-refractivity contribution in [3.05, 3.63) is 29.0 Å². The van der Waals surface area contributed by atoms with E-state index in [1.807, 2.05) is 0 Å². The summed E-state index contributed by atoms with van der Waals surface area (Å²) in [6, 6.07) is 3.19. The number of carbonyl (C=O) groups is 3. The van der Waals surface area contributed by atoms with Gasteiger partial charge >= 0.3 is 11.9 Å². The summed E-state index contributed by atoms with van der Waals surface area (Å²) >= 11 is 5.91. The summed E-state index contributed by atoms with van der Waals surface area (Å²) in [6.45, 7) is 3.31. The summed E-state index contributed by atoms with van der Waals surface area (Å²) in [4.78, 5) is 43.3. The SMILES string of the molecule is O=C(O)CC1CCN(C(=O)c2ccnc(Cl)c2)CC1CCN1CCC(C(=O)O)CC1. The van der Waals surface area contributed by atoms with E-state index in [2.05, 4.69) is 9.88 Å². The van der Waals surface area contributed by atoms with Gasteiger partial charge in [-0.25, -0.2) is 4.98 Å². The van der Waals surface area contributed by atoms with Gasteiger partial charge in [-0.2, -0.15) is 0 Å². The van der Waals surface area contributed by atoms with Gasteiger partial charge in [-0.3, -0.25) is 14.4 Å². The molecule has 1 aromatic heterocycles. The number of rotatable bonds is 7. The van der Waals surface area contributed by atoms with E-state index in [9.17, 15) is 19.5 Å². The molecule has 3 heterocycles. The molecule has 0 aliphatic carbocycles. The smallest absolute Gasteiger partial charge is 0.306 e. The zero-order valence-electron chi connectivity index (χ0n) is 16.9. The molecular formula is C21H28ClN3O5. The minimum atomic E-state index is -0.812. The predicted molar refractivity (Wildman–Crippen MR) is 110 cm³/mol. The maximum atomic E-state index is 12.9. The standard InChI is InChI=1S/C21H28ClN3O5/c22-18-11-16(1-6-23-18)20(28)25-10-5-15(12-19(26)27)17(13-25)4-9-24-7-2-14(3-8-24)21(29)30/h1,6,11,14-15,17H,2-5,7-10,12-13H2,(H,26,27)(H,29,30). The first kappa shape index (κ1) is 22.5. The normalized spacial score (nSPS) is 23.3. The number of hydrogen-bond acceptors (Lipinski definition) is 5. The van der Waals surface area contributed by atoms with E-state index in [-0.39, 0.29) is 35.2 Å². The molecule has 2 N–H and O–H groups in total. The highest BCUT2D eigenvalue weighted by Crippen LogP contribution is 2.31. The Hall–Kier alpha value is -2.19. The Morgan fingerprint density at radius 1 is 1.10 bits per heavy atom. The van der Waals surface area contributed by atoms with Crippen LogP contribution in [0.25, 0.3) is 0 Å². The van der Waals surface area contributed by atoms with Crippen molar-refractivity contribution in [2.45, 2.75) is 32.1 Å². The molecule has 2 saturated heterocycles. The molecule has 30 heavy (non-hydrogen) atoms. The van der Waals surface area contributed by atoms with Crippen molar-refractivity contribution in [1.29, 1.82) is 0 Å². The number of likely N-dealkylation sites (tertiary alicyclic amines) is 2. The predicted octanol–water partition coefficient (Wildman–Crippen LogP) is 2.47. The molecule has 0 bridgehead atoms. The summed E-state index contributed by atoms with van der Waals surface area (Å²) in [5, 5.41) is 18.7. The Bertz CT molecular complexity index is 782. The van der Waals surface area contributed by atoms with E-state index < -0.39 is 11.9 Å². The largest absolute Gasteiger partial charge is 0.481 e. The van der Waals surface area contributed by atoms with E-state index in [1.165, 1.54) is 6.20 Å². The van der Waals surface area contributed by atoms with Gasteiger partial charge < -0.3 is 20.0 Å². The van der Waals surface area contributed by atoms with E-state index >= 15 is 0 Å². The monoisotopic (exact) mass is 437 g/mol. The van der Waals surface area contributed by atoms with Gasteiger partial charge in [0, 0.05) is 31.3 Å². The molecule has 9 heteroatoms. The van der Waals surface area contributed by atoms with E-state index in [0.717, 1.165) is 26.1 Å². The molecule has 0 spiro atoms. The molecular weight excluding hydrogens is 410 g/mol. The Morgan fingerprint density at radius 3 is 2.47 bits per heavy atom. The first-order chi connectivity index (χ1) is 14.3. The Morgan fingerprint density at radius 2 is 1.83 bits per heavy atom. The summed E-state index contributed by atoms with van der Waals surface area (Å²) < 4.78 is 0. The first-order valence-corrected chi connectivity index (χ1v) is 10.8. The number of carboxylic acid groups (broad SMARTS) is 2. The van der Waals surface area contributed by atoms with Crippen LogP contribution in [-0.4, -0.2) is 75.6 Å². The van der Waals surface area contributed by atoms with Crippen LogP contribution in [0, 0.1) is 17.8 Å². The van der Waals surface area contributed by atoms with Crippen molar-refractivity contribution in [2.24, 2.45) is 17.8 Å². The number of pyridine rings is 1. The fraction of sp³-hybridized carbons (Fsp3) is 0.619. The van der Waals surface area contributed by atoms with Crippen molar-refractivity contribution in [2.75, 3.05) is 32.7 Å². The minimum Gasteiger partial charge on any atom is -0.481 e. The summed E-state index contributed by atoms with van der Waals surface area (Å²) in [6.07, 6.45) is 4.34. The van der Waals surface area contributed by atoms with Crippen molar-refractivity contribution in [3.63, 3.8) is 0 Å². The van der Waals surface area contributed by atoms with Gasteiger partial charge in [0.05, 0.1) is 5.92 Å². The number of nitrogens with zero attached hydrogens (tertiary/aromatic N) is 3. The van der Waals surface area contributed by atoms with E-state index in [0.29, 0.717) is 37.9 Å². The van der Waals surface area contributed by atoms with Crippen LogP contribution >= 0.6 is 11.6 Å². The first-order valence-electron chi connectivity index (χ1n) is 10.4. The van der Waals surface area contributed by atoms with Crippen molar-refractivity contribution in [3.8, 4) is 0 Å². The van der Waals surface area contributed by atoms with Crippen LogP contribution in [0.15, 0.2) is 18.3 Å². The van der Waals surface area contributed by atoms with Crippen molar-refractivity contribution in [1.82, 2.24) is 14.8 Å². The third-order valence-corrected chi connectivity index (χ3v) is 6.55. The molecule has 2 atom stereocenters. The van der Waals surface area contributed by atoms with Gasteiger partial charge in [0.2, 0.25) is 0 Å². The number of aromatic nitrogens is 1. The molecule has 2 aliphatic rings. The molecule has 2 aliphatic heterocycles. The lowest BCUT2D eigenvalue weighted by Gasteiger charge is -2.39. The van der Waals surface area contributed by atoms with Gasteiger partial charge in [0.15, 0.2) is 0 Å². The van der Waals surface area contributed by atoms with Gasteiger partial charge in [0.25, 0.3) is 5.91 Å². The van der Waals surface area contributed by atoms with Crippen LogP contribution in [-0.2, 0) is 9.59 Å². The second kappa shape index (κ2) is 10.2. The molecule has 0 aromatic carbocycles. The number of piperidine rings is 2. The minimum absolute atomic E-state index is 0.0316. The number of amides is 1. The summed E-state index contributed by atoms with van der Waals surface area (Å²) in [7, 11) is 0. The third kappa shape index (κ3) is 5.92. The zero-order chi connectivity index (χ0) is 21.7. The molecule has 3 rings (SSSR count). The fourth-order valence-corrected chi connectivity index (χ4v) is 4.73. The van der Waals surface area contributed by atoms with Crippen LogP contribution in [0.2, 0.25) is 5.15 Å². The van der Waals surface area contributed by atoms with E-state index in [1.54, 1.807) is 17.0 Å². The molecule has 0 saturated carbocycles. The maximum absolute atomic E-state index is 12.9. The number of hydrogen-bond donors (Lipinski definition) is 2. The highest BCUT2D eigenvalue weighted by Gasteiger charge is 2.34. The zero-order valence-corrected chi connectivity index (χ0v) is 17.6. The van der Waals surface area contributed by atoms with Crippen LogP contribution in [0.3, 0.4) is 0 Å². The fourth-order valence-electron chi connectivity index (χ4n) is 4.56. The van der Waals surface area contributed by atoms with Crippen LogP contribution in [0.1, 0.15) is 42.5 Å². The molecule has 1 amide bonds. The second-order valence-electron chi connectivity index (χ2n) is 8.27. The number of halogens is 1. The summed E-state index contributed by atoms with van der Waals surface area (Å²) in [5.74, 6) is -1.80. The molecule has 2 fully saturated rings. The number of carbonyl (C=O) groups excluding carboxylic acids is 1. The summed E-state index contributed by atoms with van der Waals surface area (Å²) in [5.41, 5.74) is 0.487. The lowest BCUT2D eigenvalue weighted by atomic mass is 9.80. The van der Waals surface area contributed by atoms with Gasteiger partial charge in [-0.15, -0.1) is 0 Å². The van der Waals surface area contributed by atoms with Crippen LogP contribution in [0.4, 0.5) is 0 Å². The third-order valence-electron chi connectivity index (χ3n) is 6.34. The highest BCUT2D eigenvalue weighted by molar-refractivity contribution is 6.29. The Balaban J connectivity index is 1.60. The second-order valence-corrected chi connectivity index (χ2v) is 8.66. The molecule has 0 radical (unpaired) electrons. The maximum Gasteiger partial charge on any atom is 0.306 e. The van der Waals surface area contributed by atoms with Gasteiger partial charge in [0.1, 0.15) is 5.15 Å². The van der Waals surface area contributed by atoms with Gasteiger partial charge in [-0.05, 0) is 69.3 Å². The molecule has 2 unspecified atom stereocenters. The topological polar surface area (TPSA) is 111 Å². The Kier molecular flexibility index (Phi) is 7.66. The number of carboxylic acids is 2. The average molecular weight is 438 g/mol. The molecule has 8 nitrogen and oxygen atoms in total. The average Bonchev–Trinajstić information content (AvgIpc) is 2.72. The molecule has 164 valence electrons. The van der Waals surface area contributed by atoms with Crippen LogP contribution < -0.4 is 0 Å². The van der Waals surface area contributed by atoms with Crippen molar-refractivity contribution >= 4 is 29.4 Å². The van der Waals surface area contributed by atoms with Crippen molar-refractivity contribution < 1.29 is 24.6 Å². The number of aliphatic carboxylic acids is 2. The highest BCUT2D eigenvalue weighted by atomic mass is 35.5. The quantitative estimate of drug-likeness (QED) is 0.630. The lowest BCUT2D eigenvalue weighted by Crippen LogP contribution is -2.46. The molecule has 1 aromatic rings. The Labute approximate surface area is 180 Å². The lowest BCUT2D eigenvalue weighted by molar-refractivity contribution is -0.143. The van der Waals surface area contributed by atoms with Gasteiger partial charge in [-0.1, -0.05) is 11.6 Å².